The summed E-state index contributed by atoms with van der Waals surface area (Å²) in [6.45, 7) is 1.34. The van der Waals surface area contributed by atoms with Crippen molar-refractivity contribution in [3.8, 4) is 11.1 Å². The SMILES string of the molecule is O=C(OCC1c2ccccc2-c2ccccc21)N1C2C=C(c3ccc4cnccc4c3)CC1COC2. The number of rotatable bonds is 3. The third kappa shape index (κ3) is 3.50. The number of hydrogen-bond donors (Lipinski definition) is 0. The fourth-order valence-electron chi connectivity index (χ4n) is 6.05. The van der Waals surface area contributed by atoms with Crippen LogP contribution in [0.4, 0.5) is 4.79 Å². The number of carbonyl (C=O) groups excluding carboxylic acids is 1. The largest absolute Gasteiger partial charge is 0.448 e. The third-order valence-corrected chi connectivity index (χ3v) is 7.76. The molecule has 2 aliphatic heterocycles. The van der Waals surface area contributed by atoms with Gasteiger partial charge in [-0.25, -0.2) is 4.79 Å². The standard InChI is InChI=1S/C31H26N2O3/c34-31(36-19-30-28-7-3-1-5-26(28)27-6-2-4-8-29(27)30)33-24-14-23(15-25(33)18-35-17-24)20-9-10-22-16-32-12-11-21(22)13-20/h1-14,16,24-25,30H,15,17-19H2. The van der Waals surface area contributed by atoms with Crippen LogP contribution in [0.25, 0.3) is 27.5 Å². The van der Waals surface area contributed by atoms with Crippen LogP contribution in [-0.2, 0) is 9.47 Å². The van der Waals surface area contributed by atoms with E-state index >= 15 is 0 Å². The lowest BCUT2D eigenvalue weighted by Gasteiger charge is -2.44. The second kappa shape index (κ2) is 8.61. The lowest BCUT2D eigenvalue weighted by Crippen LogP contribution is -2.56. The maximum Gasteiger partial charge on any atom is 0.410 e. The van der Waals surface area contributed by atoms with E-state index in [4.69, 9.17) is 9.47 Å². The van der Waals surface area contributed by atoms with Crippen molar-refractivity contribution in [3.63, 3.8) is 0 Å². The van der Waals surface area contributed by atoms with Crippen molar-refractivity contribution >= 4 is 22.4 Å². The maximum absolute atomic E-state index is 13.4. The molecule has 178 valence electrons. The van der Waals surface area contributed by atoms with Gasteiger partial charge >= 0.3 is 6.09 Å². The lowest BCUT2D eigenvalue weighted by molar-refractivity contribution is -0.0331. The molecular formula is C31H26N2O3. The van der Waals surface area contributed by atoms with Crippen molar-refractivity contribution in [1.82, 2.24) is 9.88 Å². The second-order valence-electron chi connectivity index (χ2n) is 9.80. The fraction of sp³-hybridized carbons (Fsp3) is 0.226. The Hall–Kier alpha value is -3.96. The average Bonchev–Trinajstić information content (AvgIpc) is 3.24. The Labute approximate surface area is 210 Å². The average molecular weight is 475 g/mol. The lowest BCUT2D eigenvalue weighted by atomic mass is 9.89. The van der Waals surface area contributed by atoms with Gasteiger partial charge in [0.1, 0.15) is 6.61 Å². The van der Waals surface area contributed by atoms with Gasteiger partial charge in [0.15, 0.2) is 0 Å². The van der Waals surface area contributed by atoms with Gasteiger partial charge in [-0.3, -0.25) is 9.88 Å². The highest BCUT2D eigenvalue weighted by atomic mass is 16.6. The molecule has 1 fully saturated rings. The number of nitrogens with zero attached hydrogens (tertiary/aromatic N) is 2. The van der Waals surface area contributed by atoms with Crippen LogP contribution in [0.15, 0.2) is 91.3 Å². The minimum absolute atomic E-state index is 0.0347. The molecule has 0 saturated carbocycles. The quantitative estimate of drug-likeness (QED) is 0.363. The molecule has 5 nitrogen and oxygen atoms in total. The van der Waals surface area contributed by atoms with Gasteiger partial charge in [-0.05, 0) is 57.3 Å². The molecule has 2 atom stereocenters. The summed E-state index contributed by atoms with van der Waals surface area (Å²) in [7, 11) is 0. The summed E-state index contributed by atoms with van der Waals surface area (Å²) in [6.07, 6.45) is 6.38. The molecule has 2 unspecified atom stereocenters. The highest BCUT2D eigenvalue weighted by Gasteiger charge is 2.40. The van der Waals surface area contributed by atoms with Crippen molar-refractivity contribution in [1.29, 1.82) is 0 Å². The monoisotopic (exact) mass is 474 g/mol. The van der Waals surface area contributed by atoms with Crippen LogP contribution < -0.4 is 0 Å². The number of ether oxygens (including phenoxy) is 2. The van der Waals surface area contributed by atoms with Crippen molar-refractivity contribution in [2.24, 2.45) is 0 Å². The van der Waals surface area contributed by atoms with E-state index in [1.54, 1.807) is 0 Å². The number of morpholine rings is 1. The van der Waals surface area contributed by atoms with Gasteiger partial charge in [-0.15, -0.1) is 0 Å². The Bertz CT molecular complexity index is 1470. The third-order valence-electron chi connectivity index (χ3n) is 7.76. The number of hydrogen-bond acceptors (Lipinski definition) is 4. The Morgan fingerprint density at radius 3 is 2.50 bits per heavy atom. The molecule has 3 aromatic carbocycles. The van der Waals surface area contributed by atoms with Crippen LogP contribution in [0.5, 0.6) is 0 Å². The van der Waals surface area contributed by atoms with Gasteiger partial charge in [-0.1, -0.05) is 66.7 Å². The first-order valence-electron chi connectivity index (χ1n) is 12.5. The smallest absolute Gasteiger partial charge is 0.410 e. The predicted octanol–water partition coefficient (Wildman–Crippen LogP) is 6.04. The second-order valence-corrected chi connectivity index (χ2v) is 9.80. The minimum atomic E-state index is -0.255. The Morgan fingerprint density at radius 2 is 1.72 bits per heavy atom. The number of pyridine rings is 1. The molecule has 7 rings (SSSR count). The molecule has 1 aromatic heterocycles. The van der Waals surface area contributed by atoms with Gasteiger partial charge in [0.2, 0.25) is 0 Å². The van der Waals surface area contributed by atoms with Crippen LogP contribution in [-0.4, -0.2) is 47.9 Å². The number of fused-ring (bicyclic) bond motifs is 6. The van der Waals surface area contributed by atoms with Crippen LogP contribution in [0.2, 0.25) is 0 Å². The molecule has 0 radical (unpaired) electrons. The van der Waals surface area contributed by atoms with E-state index in [1.165, 1.54) is 38.8 Å². The first-order chi connectivity index (χ1) is 17.8. The van der Waals surface area contributed by atoms with Crippen molar-refractivity contribution in [2.75, 3.05) is 19.8 Å². The number of carbonyl (C=O) groups is 1. The fourth-order valence-corrected chi connectivity index (χ4v) is 6.05. The van der Waals surface area contributed by atoms with E-state index in [0.29, 0.717) is 19.8 Å². The molecule has 0 spiro atoms. The Kier molecular flexibility index (Phi) is 5.10. The van der Waals surface area contributed by atoms with E-state index in [-0.39, 0.29) is 24.1 Å². The highest BCUT2D eigenvalue weighted by Crippen LogP contribution is 2.44. The topological polar surface area (TPSA) is 51.7 Å². The first-order valence-corrected chi connectivity index (χ1v) is 12.5. The van der Waals surface area contributed by atoms with Gasteiger partial charge in [0, 0.05) is 23.7 Å². The molecule has 4 aromatic rings. The van der Waals surface area contributed by atoms with E-state index in [1.807, 2.05) is 23.4 Å². The van der Waals surface area contributed by atoms with Gasteiger partial charge in [-0.2, -0.15) is 0 Å². The molecule has 3 heterocycles. The summed E-state index contributed by atoms with van der Waals surface area (Å²) in [6, 6.07) is 25.2. The zero-order chi connectivity index (χ0) is 24.1. The summed E-state index contributed by atoms with van der Waals surface area (Å²) in [5.41, 5.74) is 7.37. The van der Waals surface area contributed by atoms with Gasteiger partial charge in [0.25, 0.3) is 0 Å². The molecule has 1 aliphatic carbocycles. The summed E-state index contributed by atoms with van der Waals surface area (Å²) in [5, 5.41) is 2.30. The molecule has 0 N–H and O–H groups in total. The van der Waals surface area contributed by atoms with Gasteiger partial charge < -0.3 is 9.47 Å². The van der Waals surface area contributed by atoms with Crippen LogP contribution in [0.1, 0.15) is 29.0 Å². The van der Waals surface area contributed by atoms with Crippen molar-refractivity contribution in [3.05, 3.63) is 108 Å². The summed E-state index contributed by atoms with van der Waals surface area (Å²) >= 11 is 0. The van der Waals surface area contributed by atoms with Crippen molar-refractivity contribution in [2.45, 2.75) is 24.4 Å². The molecule has 2 bridgehead atoms. The molecular weight excluding hydrogens is 448 g/mol. The Balaban J connectivity index is 1.12. The number of benzene rings is 3. The zero-order valence-electron chi connectivity index (χ0n) is 19.8. The number of aromatic nitrogens is 1. The van der Waals surface area contributed by atoms with Crippen LogP contribution >= 0.6 is 0 Å². The summed E-state index contributed by atoms with van der Waals surface area (Å²) in [4.78, 5) is 19.5. The first kappa shape index (κ1) is 21.3. The molecule has 5 heteroatoms. The number of amides is 1. The van der Waals surface area contributed by atoms with E-state index in [0.717, 1.165) is 11.8 Å². The van der Waals surface area contributed by atoms with Crippen LogP contribution in [0.3, 0.4) is 0 Å². The van der Waals surface area contributed by atoms with E-state index in [2.05, 4.69) is 77.8 Å². The molecule has 1 amide bonds. The predicted molar refractivity (Wildman–Crippen MR) is 140 cm³/mol. The zero-order valence-corrected chi connectivity index (χ0v) is 19.8. The molecule has 36 heavy (non-hydrogen) atoms. The Morgan fingerprint density at radius 1 is 0.944 bits per heavy atom. The maximum atomic E-state index is 13.4. The summed E-state index contributed by atoms with van der Waals surface area (Å²) < 4.78 is 11.8. The molecule has 3 aliphatic rings. The van der Waals surface area contributed by atoms with E-state index < -0.39 is 0 Å². The van der Waals surface area contributed by atoms with E-state index in [9.17, 15) is 4.79 Å². The normalized spacial score (nSPS) is 20.6. The van der Waals surface area contributed by atoms with Gasteiger partial charge in [0.05, 0.1) is 25.3 Å². The highest BCUT2D eigenvalue weighted by molar-refractivity contribution is 5.86. The minimum Gasteiger partial charge on any atom is -0.448 e. The van der Waals surface area contributed by atoms with Crippen LogP contribution in [0, 0.1) is 0 Å². The summed E-state index contributed by atoms with van der Waals surface area (Å²) in [5.74, 6) is 0.0559. The van der Waals surface area contributed by atoms with Crippen molar-refractivity contribution < 1.29 is 14.3 Å². The molecule has 1 saturated heterocycles.